The molecule has 1 N–H and O–H groups in total. The van der Waals surface area contributed by atoms with Crippen LogP contribution >= 0.6 is 0 Å². The van der Waals surface area contributed by atoms with Gasteiger partial charge in [0.05, 0.1) is 37.7 Å². The van der Waals surface area contributed by atoms with Crippen LogP contribution in [0.25, 0.3) is 11.3 Å². The Morgan fingerprint density at radius 1 is 1.03 bits per heavy atom. The average Bonchev–Trinajstić information content (AvgIpc) is 2.84. The van der Waals surface area contributed by atoms with Crippen LogP contribution in [0.3, 0.4) is 0 Å². The second kappa shape index (κ2) is 9.87. The van der Waals surface area contributed by atoms with E-state index in [4.69, 9.17) is 9.47 Å². The molecule has 2 saturated heterocycles. The van der Waals surface area contributed by atoms with Crippen LogP contribution in [0.2, 0.25) is 0 Å². The highest BCUT2D eigenvalue weighted by Gasteiger charge is 2.35. The second-order valence-corrected chi connectivity index (χ2v) is 7.62. The topological polar surface area (TPSA) is 92.7 Å². The molecule has 12 heteroatoms. The van der Waals surface area contributed by atoms with Crippen molar-refractivity contribution in [2.45, 2.75) is 19.5 Å². The monoisotopic (exact) mass is 466 g/mol. The Labute approximate surface area is 188 Å². The molecule has 0 spiro atoms. The molecule has 0 aromatic carbocycles. The zero-order valence-electron chi connectivity index (χ0n) is 18.2. The van der Waals surface area contributed by atoms with Crippen LogP contribution in [0.4, 0.5) is 30.8 Å². The molecule has 178 valence electrons. The van der Waals surface area contributed by atoms with Gasteiger partial charge in [-0.3, -0.25) is 4.79 Å². The van der Waals surface area contributed by atoms with Crippen LogP contribution in [0.1, 0.15) is 18.9 Å². The van der Waals surface area contributed by atoms with Crippen molar-refractivity contribution in [2.75, 3.05) is 67.7 Å². The highest BCUT2D eigenvalue weighted by atomic mass is 19.4. The quantitative estimate of drug-likeness (QED) is 0.719. The molecule has 33 heavy (non-hydrogen) atoms. The molecule has 2 fully saturated rings. The lowest BCUT2D eigenvalue weighted by Gasteiger charge is -2.31. The predicted octanol–water partition coefficient (Wildman–Crippen LogP) is 2.58. The summed E-state index contributed by atoms with van der Waals surface area (Å²) in [7, 11) is 0. The summed E-state index contributed by atoms with van der Waals surface area (Å²) in [5.74, 6) is 0.290. The summed E-state index contributed by atoms with van der Waals surface area (Å²) in [5, 5.41) is 2.38. The molecule has 0 radical (unpaired) electrons. The number of rotatable bonds is 5. The number of pyridine rings is 1. The van der Waals surface area contributed by atoms with Crippen molar-refractivity contribution in [3.8, 4) is 11.3 Å². The van der Waals surface area contributed by atoms with E-state index >= 15 is 0 Å². The number of hydrogen-bond donors (Lipinski definition) is 1. The van der Waals surface area contributed by atoms with Gasteiger partial charge in [0.2, 0.25) is 11.9 Å². The van der Waals surface area contributed by atoms with E-state index in [1.165, 1.54) is 0 Å². The van der Waals surface area contributed by atoms with E-state index in [0.29, 0.717) is 64.4 Å². The van der Waals surface area contributed by atoms with E-state index in [9.17, 15) is 18.0 Å². The minimum atomic E-state index is -4.67. The zero-order chi connectivity index (χ0) is 23.4. The van der Waals surface area contributed by atoms with Crippen molar-refractivity contribution in [1.82, 2.24) is 15.0 Å². The summed E-state index contributed by atoms with van der Waals surface area (Å²) < 4.78 is 52.8. The van der Waals surface area contributed by atoms with E-state index in [1.807, 2.05) is 9.80 Å². The van der Waals surface area contributed by atoms with E-state index in [0.717, 1.165) is 12.3 Å². The van der Waals surface area contributed by atoms with Crippen molar-refractivity contribution >= 4 is 23.5 Å². The van der Waals surface area contributed by atoms with Gasteiger partial charge in [0.1, 0.15) is 11.6 Å². The molecule has 0 atom stereocenters. The first-order chi connectivity index (χ1) is 15.8. The number of nitrogens with zero attached hydrogens (tertiary/aromatic N) is 5. The predicted molar refractivity (Wildman–Crippen MR) is 115 cm³/mol. The number of halogens is 3. The number of amides is 1. The molecule has 0 unspecified atom stereocenters. The van der Waals surface area contributed by atoms with Gasteiger partial charge in [-0.15, -0.1) is 0 Å². The molecule has 2 aromatic heterocycles. The highest BCUT2D eigenvalue weighted by Crippen LogP contribution is 2.38. The number of carbonyl (C=O) groups is 1. The van der Waals surface area contributed by atoms with E-state index < -0.39 is 17.6 Å². The fourth-order valence-electron chi connectivity index (χ4n) is 3.61. The molecule has 4 heterocycles. The van der Waals surface area contributed by atoms with Gasteiger partial charge in [-0.25, -0.2) is 9.97 Å². The van der Waals surface area contributed by atoms with Crippen LogP contribution in [0, 0.1) is 0 Å². The first-order valence-corrected chi connectivity index (χ1v) is 10.8. The van der Waals surface area contributed by atoms with Gasteiger partial charge < -0.3 is 24.6 Å². The maximum atomic E-state index is 14.0. The number of carbonyl (C=O) groups excluding carboxylic acids is 1. The smallest absolute Gasteiger partial charge is 0.378 e. The van der Waals surface area contributed by atoms with Crippen molar-refractivity contribution in [1.29, 1.82) is 0 Å². The molecule has 0 bridgehead atoms. The average molecular weight is 466 g/mol. The lowest BCUT2D eigenvalue weighted by atomic mass is 10.1. The number of nitrogens with one attached hydrogen (secondary N) is 1. The molecular formula is C21H25F3N6O3. The third-order valence-corrected chi connectivity index (χ3v) is 5.40. The minimum absolute atomic E-state index is 0.112. The van der Waals surface area contributed by atoms with Crippen LogP contribution in [-0.2, 0) is 20.4 Å². The van der Waals surface area contributed by atoms with Gasteiger partial charge >= 0.3 is 6.18 Å². The van der Waals surface area contributed by atoms with Crippen LogP contribution in [-0.4, -0.2) is 73.5 Å². The standard InChI is InChI=1S/C21H25F3N6O3/c1-2-19(31)27-17-11-15(21(22,23)24)14(13-25-17)16-12-18(29-3-7-32-8-4-29)28-20(26-16)30-5-9-33-10-6-30/h11-13H,2-10H2,1H3,(H,25,27,31). The van der Waals surface area contributed by atoms with Crippen molar-refractivity contribution < 1.29 is 27.4 Å². The van der Waals surface area contributed by atoms with E-state index in [1.54, 1.807) is 13.0 Å². The van der Waals surface area contributed by atoms with E-state index in [-0.39, 0.29) is 23.5 Å². The third-order valence-electron chi connectivity index (χ3n) is 5.40. The lowest BCUT2D eigenvalue weighted by Crippen LogP contribution is -2.39. The largest absolute Gasteiger partial charge is 0.417 e. The molecule has 2 aliphatic heterocycles. The summed E-state index contributed by atoms with van der Waals surface area (Å²) in [6, 6.07) is 2.39. The van der Waals surface area contributed by atoms with Gasteiger partial charge in [0.15, 0.2) is 0 Å². The Kier molecular flexibility index (Phi) is 6.94. The summed E-state index contributed by atoms with van der Waals surface area (Å²) in [6.07, 6.45) is -3.45. The molecule has 2 aromatic rings. The Morgan fingerprint density at radius 3 is 2.27 bits per heavy atom. The number of anilines is 3. The number of morpholine rings is 2. The van der Waals surface area contributed by atoms with Crippen molar-refractivity contribution in [3.05, 3.63) is 23.9 Å². The van der Waals surface area contributed by atoms with Gasteiger partial charge in [0.25, 0.3) is 0 Å². The fourth-order valence-corrected chi connectivity index (χ4v) is 3.61. The van der Waals surface area contributed by atoms with Crippen molar-refractivity contribution in [3.63, 3.8) is 0 Å². The SMILES string of the molecule is CCC(=O)Nc1cc(C(F)(F)F)c(-c2cc(N3CCOCC3)nc(N3CCOCC3)n2)cn1. The molecule has 0 saturated carbocycles. The molecule has 9 nitrogen and oxygen atoms in total. The van der Waals surface area contributed by atoms with Crippen LogP contribution in [0.15, 0.2) is 18.3 Å². The Morgan fingerprint density at radius 2 is 1.67 bits per heavy atom. The Bertz CT molecular complexity index is 955. The maximum absolute atomic E-state index is 14.0. The summed E-state index contributed by atoms with van der Waals surface area (Å²) in [5.41, 5.74) is -0.993. The summed E-state index contributed by atoms with van der Waals surface area (Å²) in [4.78, 5) is 28.7. The Hall–Kier alpha value is -2.99. The fraction of sp³-hybridized carbons (Fsp3) is 0.524. The minimum Gasteiger partial charge on any atom is -0.378 e. The number of hydrogen-bond acceptors (Lipinski definition) is 8. The van der Waals surface area contributed by atoms with Gasteiger partial charge in [-0.05, 0) is 6.07 Å². The highest BCUT2D eigenvalue weighted by molar-refractivity contribution is 5.89. The summed E-state index contributed by atoms with van der Waals surface area (Å²) in [6.45, 7) is 5.83. The normalized spacial score (nSPS) is 17.2. The first-order valence-electron chi connectivity index (χ1n) is 10.8. The molecule has 4 rings (SSSR count). The Balaban J connectivity index is 1.79. The second-order valence-electron chi connectivity index (χ2n) is 7.62. The molecular weight excluding hydrogens is 441 g/mol. The third kappa shape index (κ3) is 5.50. The van der Waals surface area contributed by atoms with E-state index in [2.05, 4.69) is 20.3 Å². The molecule has 0 aliphatic carbocycles. The molecule has 1 amide bonds. The first kappa shape index (κ1) is 23.2. The van der Waals surface area contributed by atoms with Gasteiger partial charge in [-0.2, -0.15) is 18.2 Å². The number of ether oxygens (including phenoxy) is 2. The summed E-state index contributed by atoms with van der Waals surface area (Å²) >= 11 is 0. The van der Waals surface area contributed by atoms with Gasteiger partial charge in [-0.1, -0.05) is 6.92 Å². The molecule has 2 aliphatic rings. The van der Waals surface area contributed by atoms with Gasteiger partial charge in [0, 0.05) is 50.4 Å². The van der Waals surface area contributed by atoms with Crippen LogP contribution < -0.4 is 15.1 Å². The number of aromatic nitrogens is 3. The maximum Gasteiger partial charge on any atom is 0.417 e. The van der Waals surface area contributed by atoms with Crippen molar-refractivity contribution in [2.24, 2.45) is 0 Å². The van der Waals surface area contributed by atoms with Crippen LogP contribution in [0.5, 0.6) is 0 Å². The lowest BCUT2D eigenvalue weighted by molar-refractivity contribution is -0.137. The number of alkyl halides is 3. The zero-order valence-corrected chi connectivity index (χ0v) is 18.2.